The third-order valence-corrected chi connectivity index (χ3v) is 5.84. The first-order valence-electron chi connectivity index (χ1n) is 8.82. The molecule has 7 heteroatoms. The highest BCUT2D eigenvalue weighted by Gasteiger charge is 2.30. The fraction of sp³-hybridized carbons (Fsp3) is 0.250. The van der Waals surface area contributed by atoms with E-state index in [1.54, 1.807) is 17.2 Å². The molecule has 3 aromatic rings. The summed E-state index contributed by atoms with van der Waals surface area (Å²) in [6.45, 7) is 1.04. The highest BCUT2D eigenvalue weighted by atomic mass is 32.1. The Hall–Kier alpha value is -2.93. The van der Waals surface area contributed by atoms with Crippen molar-refractivity contribution in [3.8, 4) is 22.0 Å². The summed E-state index contributed by atoms with van der Waals surface area (Å²) in [6, 6.07) is 13.3. The molecule has 1 aliphatic heterocycles. The number of benzene rings is 1. The number of carbonyl (C=O) groups is 2. The Labute approximate surface area is 160 Å². The van der Waals surface area contributed by atoms with Crippen molar-refractivity contribution in [2.45, 2.75) is 12.8 Å². The van der Waals surface area contributed by atoms with E-state index in [1.807, 2.05) is 36.4 Å². The number of hydrogen-bond acceptors (Lipinski definition) is 5. The predicted molar refractivity (Wildman–Crippen MR) is 103 cm³/mol. The molecule has 1 aromatic carbocycles. The summed E-state index contributed by atoms with van der Waals surface area (Å²) in [5.74, 6) is 0.142. The van der Waals surface area contributed by atoms with Gasteiger partial charge in [-0.2, -0.15) is 0 Å². The molecule has 138 valence electrons. The summed E-state index contributed by atoms with van der Waals surface area (Å²) < 4.78 is 5.46. The van der Waals surface area contributed by atoms with Crippen LogP contribution in [-0.4, -0.2) is 34.8 Å². The van der Waals surface area contributed by atoms with Crippen LogP contribution in [0.4, 0.5) is 0 Å². The van der Waals surface area contributed by atoms with E-state index in [1.165, 1.54) is 11.3 Å². The van der Waals surface area contributed by atoms with Gasteiger partial charge < -0.3 is 15.1 Å². The third kappa shape index (κ3) is 3.50. The van der Waals surface area contributed by atoms with Gasteiger partial charge in [0.1, 0.15) is 4.88 Å². The summed E-state index contributed by atoms with van der Waals surface area (Å²) in [5, 5.41) is 0.675. The lowest BCUT2D eigenvalue weighted by Crippen LogP contribution is -2.41. The molecule has 0 saturated carbocycles. The van der Waals surface area contributed by atoms with E-state index in [0.29, 0.717) is 47.3 Å². The first-order chi connectivity index (χ1) is 13.1. The van der Waals surface area contributed by atoms with Gasteiger partial charge in [0, 0.05) is 24.6 Å². The molecule has 2 aromatic heterocycles. The van der Waals surface area contributed by atoms with Gasteiger partial charge in [0.15, 0.2) is 10.8 Å². The van der Waals surface area contributed by atoms with E-state index in [0.717, 1.165) is 5.56 Å². The molecule has 4 rings (SSSR count). The minimum Gasteiger partial charge on any atom is -0.462 e. The van der Waals surface area contributed by atoms with E-state index >= 15 is 0 Å². The maximum Gasteiger partial charge on any atom is 0.266 e. The van der Waals surface area contributed by atoms with E-state index in [-0.39, 0.29) is 17.7 Å². The normalized spacial score (nSPS) is 15.0. The van der Waals surface area contributed by atoms with Crippen LogP contribution in [0.3, 0.4) is 0 Å². The van der Waals surface area contributed by atoms with E-state index in [9.17, 15) is 9.59 Å². The summed E-state index contributed by atoms with van der Waals surface area (Å²) in [4.78, 5) is 31.6. The Kier molecular flexibility index (Phi) is 4.77. The van der Waals surface area contributed by atoms with Crippen molar-refractivity contribution in [3.05, 3.63) is 53.6 Å². The molecular formula is C20H19N3O3S. The molecule has 1 saturated heterocycles. The SMILES string of the molecule is NC(=O)C1CCN(C(=O)c2sc(-c3ccco3)nc2-c2ccccc2)CC1. The lowest BCUT2D eigenvalue weighted by molar-refractivity contribution is -0.123. The van der Waals surface area contributed by atoms with Crippen LogP contribution in [0.15, 0.2) is 53.1 Å². The van der Waals surface area contributed by atoms with Gasteiger partial charge in [-0.1, -0.05) is 30.3 Å². The van der Waals surface area contributed by atoms with Crippen LogP contribution in [-0.2, 0) is 4.79 Å². The smallest absolute Gasteiger partial charge is 0.266 e. The number of carbonyl (C=O) groups excluding carboxylic acids is 2. The van der Waals surface area contributed by atoms with Crippen LogP contribution in [0.1, 0.15) is 22.5 Å². The zero-order chi connectivity index (χ0) is 18.8. The Morgan fingerprint density at radius 3 is 2.48 bits per heavy atom. The van der Waals surface area contributed by atoms with Crippen LogP contribution >= 0.6 is 11.3 Å². The topological polar surface area (TPSA) is 89.4 Å². The molecule has 3 heterocycles. The number of rotatable bonds is 4. The average Bonchev–Trinajstić information content (AvgIpc) is 3.38. The molecule has 6 nitrogen and oxygen atoms in total. The Morgan fingerprint density at radius 1 is 1.11 bits per heavy atom. The fourth-order valence-electron chi connectivity index (χ4n) is 3.27. The van der Waals surface area contributed by atoms with Crippen LogP contribution in [0.2, 0.25) is 0 Å². The molecule has 1 aliphatic rings. The number of aromatic nitrogens is 1. The zero-order valence-corrected chi connectivity index (χ0v) is 15.4. The molecule has 0 bridgehead atoms. The number of thiazole rings is 1. The maximum atomic E-state index is 13.2. The van der Waals surface area contributed by atoms with Gasteiger partial charge in [0.05, 0.1) is 12.0 Å². The van der Waals surface area contributed by atoms with Crippen LogP contribution in [0, 0.1) is 5.92 Å². The minimum atomic E-state index is -0.287. The maximum absolute atomic E-state index is 13.2. The summed E-state index contributed by atoms with van der Waals surface area (Å²) in [5.41, 5.74) is 6.95. The van der Waals surface area contributed by atoms with Gasteiger partial charge in [-0.05, 0) is 25.0 Å². The molecule has 2 N–H and O–H groups in total. The summed E-state index contributed by atoms with van der Waals surface area (Å²) in [6.07, 6.45) is 2.80. The first-order valence-corrected chi connectivity index (χ1v) is 9.64. The molecule has 27 heavy (non-hydrogen) atoms. The molecule has 1 fully saturated rings. The number of amides is 2. The minimum absolute atomic E-state index is 0.0629. The van der Waals surface area contributed by atoms with Crippen molar-refractivity contribution in [2.75, 3.05) is 13.1 Å². The number of piperidine rings is 1. The highest BCUT2D eigenvalue weighted by molar-refractivity contribution is 7.17. The number of nitrogens with two attached hydrogens (primary N) is 1. The van der Waals surface area contributed by atoms with Crippen molar-refractivity contribution in [1.29, 1.82) is 0 Å². The molecule has 0 unspecified atom stereocenters. The number of nitrogens with zero attached hydrogens (tertiary/aromatic N) is 2. The van der Waals surface area contributed by atoms with Gasteiger partial charge >= 0.3 is 0 Å². The van der Waals surface area contributed by atoms with Crippen molar-refractivity contribution < 1.29 is 14.0 Å². The van der Waals surface area contributed by atoms with Gasteiger partial charge in [-0.25, -0.2) is 4.98 Å². The average molecular weight is 381 g/mol. The fourth-order valence-corrected chi connectivity index (χ4v) is 4.30. The van der Waals surface area contributed by atoms with Gasteiger partial charge in [0.2, 0.25) is 5.91 Å². The molecule has 0 spiro atoms. The first kappa shape index (κ1) is 17.5. The third-order valence-electron chi connectivity index (χ3n) is 4.79. The second kappa shape index (κ2) is 7.36. The Balaban J connectivity index is 1.67. The number of likely N-dealkylation sites (tertiary alicyclic amines) is 1. The predicted octanol–water partition coefficient (Wildman–Crippen LogP) is 3.41. The number of hydrogen-bond donors (Lipinski definition) is 1. The largest absolute Gasteiger partial charge is 0.462 e. The molecular weight excluding hydrogens is 362 g/mol. The van der Waals surface area contributed by atoms with Crippen LogP contribution in [0.5, 0.6) is 0 Å². The zero-order valence-electron chi connectivity index (χ0n) is 14.6. The van der Waals surface area contributed by atoms with Crippen LogP contribution < -0.4 is 5.73 Å². The second-order valence-corrected chi connectivity index (χ2v) is 7.51. The lowest BCUT2D eigenvalue weighted by Gasteiger charge is -2.30. The van der Waals surface area contributed by atoms with Crippen molar-refractivity contribution in [2.24, 2.45) is 11.7 Å². The van der Waals surface area contributed by atoms with Crippen molar-refractivity contribution >= 4 is 23.2 Å². The Bertz CT molecular complexity index is 942. The van der Waals surface area contributed by atoms with Crippen molar-refractivity contribution in [3.63, 3.8) is 0 Å². The molecule has 0 aliphatic carbocycles. The summed E-state index contributed by atoms with van der Waals surface area (Å²) >= 11 is 1.33. The van der Waals surface area contributed by atoms with E-state index in [4.69, 9.17) is 10.2 Å². The molecule has 2 amide bonds. The highest BCUT2D eigenvalue weighted by Crippen LogP contribution is 2.35. The van der Waals surface area contributed by atoms with Gasteiger partial charge in [0.25, 0.3) is 5.91 Å². The van der Waals surface area contributed by atoms with E-state index < -0.39 is 0 Å². The molecule has 0 radical (unpaired) electrons. The van der Waals surface area contributed by atoms with Gasteiger partial charge in [-0.3, -0.25) is 9.59 Å². The van der Waals surface area contributed by atoms with Gasteiger partial charge in [-0.15, -0.1) is 11.3 Å². The quantitative estimate of drug-likeness (QED) is 0.750. The molecule has 0 atom stereocenters. The standard InChI is InChI=1S/C20H19N3O3S/c21-18(24)14-8-10-23(11-9-14)20(25)17-16(13-5-2-1-3-6-13)22-19(27-17)15-7-4-12-26-15/h1-7,12,14H,8-11H2,(H2,21,24). The number of primary amides is 1. The summed E-state index contributed by atoms with van der Waals surface area (Å²) in [7, 11) is 0. The number of furan rings is 1. The van der Waals surface area contributed by atoms with E-state index in [2.05, 4.69) is 4.98 Å². The monoisotopic (exact) mass is 381 g/mol. The Morgan fingerprint density at radius 2 is 1.85 bits per heavy atom. The van der Waals surface area contributed by atoms with Crippen LogP contribution in [0.25, 0.3) is 22.0 Å². The van der Waals surface area contributed by atoms with Crippen molar-refractivity contribution in [1.82, 2.24) is 9.88 Å². The lowest BCUT2D eigenvalue weighted by atomic mass is 9.96. The second-order valence-electron chi connectivity index (χ2n) is 6.51.